The molecule has 0 N–H and O–H groups in total. The summed E-state index contributed by atoms with van der Waals surface area (Å²) in [5.74, 6) is 3.15. The van der Waals surface area contributed by atoms with Crippen molar-refractivity contribution in [2.45, 2.75) is 19.8 Å². The third-order valence-electron chi connectivity index (χ3n) is 2.46. The van der Waals surface area contributed by atoms with Crippen LogP contribution in [0.1, 0.15) is 24.0 Å². The van der Waals surface area contributed by atoms with Gasteiger partial charge in [-0.25, -0.2) is 0 Å². The highest BCUT2D eigenvalue weighted by atomic mass is 16.2. The Hall–Kier alpha value is -1.75. The fourth-order valence-corrected chi connectivity index (χ4v) is 1.54. The number of aryl methyl sites for hydroxylation is 1. The Balaban J connectivity index is 2.11. The maximum atomic E-state index is 11.3. The van der Waals surface area contributed by atoms with E-state index in [9.17, 15) is 4.79 Å². The Kier molecular flexibility index (Phi) is 2.73. The van der Waals surface area contributed by atoms with E-state index in [1.807, 2.05) is 31.2 Å². The van der Waals surface area contributed by atoms with Crippen molar-refractivity contribution >= 4 is 5.91 Å². The molecule has 0 aromatic heterocycles. The second-order valence-corrected chi connectivity index (χ2v) is 3.75. The Morgan fingerprint density at radius 2 is 2.00 bits per heavy atom. The highest BCUT2D eigenvalue weighted by Crippen LogP contribution is 2.08. The Morgan fingerprint density at radius 1 is 1.27 bits per heavy atom. The fraction of sp³-hybridized carbons (Fsp3) is 0.308. The molecule has 0 aliphatic carbocycles. The highest BCUT2D eigenvalue weighted by Gasteiger charge is 2.17. The van der Waals surface area contributed by atoms with Gasteiger partial charge in [-0.05, 0) is 31.4 Å². The Morgan fingerprint density at radius 3 is 2.60 bits per heavy atom. The van der Waals surface area contributed by atoms with E-state index in [1.165, 1.54) is 5.56 Å². The molecule has 0 unspecified atom stereocenters. The van der Waals surface area contributed by atoms with Crippen molar-refractivity contribution < 1.29 is 4.79 Å². The first kappa shape index (κ1) is 9.79. The molecule has 0 radical (unpaired) electrons. The molecule has 15 heavy (non-hydrogen) atoms. The van der Waals surface area contributed by atoms with E-state index in [0.717, 1.165) is 18.5 Å². The Labute approximate surface area is 89.9 Å². The lowest BCUT2D eigenvalue weighted by molar-refractivity contribution is -0.124. The SMILES string of the molecule is Cc1ccc(C#CN2CCCC2=O)cc1. The summed E-state index contributed by atoms with van der Waals surface area (Å²) in [7, 11) is 0. The van der Waals surface area contributed by atoms with Crippen LogP contribution in [0.15, 0.2) is 24.3 Å². The number of hydrogen-bond donors (Lipinski definition) is 0. The molecule has 2 nitrogen and oxygen atoms in total. The third kappa shape index (κ3) is 2.38. The van der Waals surface area contributed by atoms with Crippen LogP contribution in [0, 0.1) is 18.9 Å². The van der Waals surface area contributed by atoms with Gasteiger partial charge in [-0.3, -0.25) is 9.69 Å². The van der Waals surface area contributed by atoms with Crippen molar-refractivity contribution in [3.63, 3.8) is 0 Å². The molecular formula is C13H13NO. The first-order valence-electron chi connectivity index (χ1n) is 5.14. The van der Waals surface area contributed by atoms with Crippen molar-refractivity contribution in [1.29, 1.82) is 0 Å². The average Bonchev–Trinajstić information content (AvgIpc) is 2.63. The van der Waals surface area contributed by atoms with Gasteiger partial charge in [0.25, 0.3) is 0 Å². The maximum absolute atomic E-state index is 11.3. The van der Waals surface area contributed by atoms with Crippen LogP contribution in [0.5, 0.6) is 0 Å². The van der Waals surface area contributed by atoms with E-state index >= 15 is 0 Å². The van der Waals surface area contributed by atoms with Gasteiger partial charge in [0.15, 0.2) is 0 Å². The molecule has 0 spiro atoms. The summed E-state index contributed by atoms with van der Waals surface area (Å²) >= 11 is 0. The summed E-state index contributed by atoms with van der Waals surface area (Å²) in [6.45, 7) is 2.82. The predicted molar refractivity (Wildman–Crippen MR) is 59.0 cm³/mol. The van der Waals surface area contributed by atoms with Gasteiger partial charge < -0.3 is 0 Å². The molecular weight excluding hydrogens is 186 g/mol. The standard InChI is InChI=1S/C13H13NO/c1-11-4-6-12(7-5-11)8-10-14-9-2-3-13(14)15/h4-7H,2-3,9H2,1H3. The number of carbonyl (C=O) groups excluding carboxylic acids is 1. The predicted octanol–water partition coefficient (Wildman–Crippen LogP) is 1.93. The van der Waals surface area contributed by atoms with Gasteiger partial charge in [0.2, 0.25) is 5.91 Å². The lowest BCUT2D eigenvalue weighted by atomic mass is 10.2. The fourth-order valence-electron chi connectivity index (χ4n) is 1.54. The molecule has 1 fully saturated rings. The van der Waals surface area contributed by atoms with Crippen LogP contribution < -0.4 is 0 Å². The first-order valence-corrected chi connectivity index (χ1v) is 5.14. The first-order chi connectivity index (χ1) is 7.25. The van der Waals surface area contributed by atoms with Crippen molar-refractivity contribution in [3.8, 4) is 12.0 Å². The number of rotatable bonds is 0. The van der Waals surface area contributed by atoms with Gasteiger partial charge in [-0.15, -0.1) is 0 Å². The molecule has 2 rings (SSSR count). The summed E-state index contributed by atoms with van der Waals surface area (Å²) < 4.78 is 0. The Bertz CT molecular complexity index is 422. The molecule has 1 heterocycles. The molecule has 1 aliphatic rings. The molecule has 1 aromatic carbocycles. The molecule has 0 atom stereocenters. The van der Waals surface area contributed by atoms with Gasteiger partial charge in [-0.1, -0.05) is 17.7 Å². The number of benzene rings is 1. The van der Waals surface area contributed by atoms with Gasteiger partial charge >= 0.3 is 0 Å². The van der Waals surface area contributed by atoms with Crippen molar-refractivity contribution in [2.75, 3.05) is 6.54 Å². The monoisotopic (exact) mass is 199 g/mol. The van der Waals surface area contributed by atoms with Gasteiger partial charge in [0.1, 0.15) is 0 Å². The summed E-state index contributed by atoms with van der Waals surface area (Å²) in [6.07, 6.45) is 1.57. The number of hydrogen-bond acceptors (Lipinski definition) is 1. The number of likely N-dealkylation sites (tertiary alicyclic amines) is 1. The van der Waals surface area contributed by atoms with Crippen molar-refractivity contribution in [3.05, 3.63) is 35.4 Å². The van der Waals surface area contributed by atoms with Crippen molar-refractivity contribution in [2.24, 2.45) is 0 Å². The minimum atomic E-state index is 0.148. The minimum Gasteiger partial charge on any atom is -0.274 e. The zero-order chi connectivity index (χ0) is 10.7. The average molecular weight is 199 g/mol. The third-order valence-corrected chi connectivity index (χ3v) is 2.46. The molecule has 2 heteroatoms. The van der Waals surface area contributed by atoms with Crippen LogP contribution in [-0.2, 0) is 4.79 Å². The van der Waals surface area contributed by atoms with Gasteiger partial charge in [-0.2, -0.15) is 0 Å². The summed E-state index contributed by atoms with van der Waals surface area (Å²) in [5.41, 5.74) is 2.18. The van der Waals surface area contributed by atoms with Crippen LogP contribution in [0.2, 0.25) is 0 Å². The summed E-state index contributed by atoms with van der Waals surface area (Å²) in [6, 6.07) is 10.9. The smallest absolute Gasteiger partial charge is 0.234 e. The van der Waals surface area contributed by atoms with Crippen LogP contribution in [0.3, 0.4) is 0 Å². The molecule has 0 saturated carbocycles. The summed E-state index contributed by atoms with van der Waals surface area (Å²) in [4.78, 5) is 12.9. The van der Waals surface area contributed by atoms with E-state index in [4.69, 9.17) is 0 Å². The highest BCUT2D eigenvalue weighted by molar-refractivity contribution is 5.80. The van der Waals surface area contributed by atoms with Gasteiger partial charge in [0, 0.05) is 24.6 Å². The molecule has 76 valence electrons. The van der Waals surface area contributed by atoms with Crippen LogP contribution in [-0.4, -0.2) is 17.4 Å². The van der Waals surface area contributed by atoms with Crippen LogP contribution >= 0.6 is 0 Å². The quantitative estimate of drug-likeness (QED) is 0.585. The van der Waals surface area contributed by atoms with E-state index in [0.29, 0.717) is 6.42 Å². The molecule has 1 aliphatic heterocycles. The van der Waals surface area contributed by atoms with Crippen LogP contribution in [0.25, 0.3) is 0 Å². The van der Waals surface area contributed by atoms with E-state index in [-0.39, 0.29) is 5.91 Å². The van der Waals surface area contributed by atoms with E-state index in [1.54, 1.807) is 4.90 Å². The lowest BCUT2D eigenvalue weighted by Crippen LogP contribution is -2.17. The lowest BCUT2D eigenvalue weighted by Gasteiger charge is -2.03. The van der Waals surface area contributed by atoms with Crippen molar-refractivity contribution in [1.82, 2.24) is 4.90 Å². The number of nitrogens with zero attached hydrogens (tertiary/aromatic N) is 1. The zero-order valence-electron chi connectivity index (χ0n) is 8.79. The zero-order valence-corrected chi connectivity index (χ0v) is 8.79. The molecule has 1 aromatic rings. The topological polar surface area (TPSA) is 20.3 Å². The number of amides is 1. The largest absolute Gasteiger partial charge is 0.274 e. The van der Waals surface area contributed by atoms with E-state index < -0.39 is 0 Å². The van der Waals surface area contributed by atoms with Crippen LogP contribution in [0.4, 0.5) is 0 Å². The normalized spacial score (nSPS) is 15.0. The number of carbonyl (C=O) groups is 1. The molecule has 1 amide bonds. The second-order valence-electron chi connectivity index (χ2n) is 3.75. The minimum absolute atomic E-state index is 0.148. The van der Waals surface area contributed by atoms with E-state index in [2.05, 4.69) is 12.0 Å². The molecule has 0 bridgehead atoms. The summed E-state index contributed by atoms with van der Waals surface area (Å²) in [5, 5.41) is 0. The maximum Gasteiger partial charge on any atom is 0.234 e. The van der Waals surface area contributed by atoms with Gasteiger partial charge in [0.05, 0.1) is 0 Å². The molecule has 1 saturated heterocycles. The second kappa shape index (κ2) is 4.18.